The lowest BCUT2D eigenvalue weighted by Gasteiger charge is -2.28. The quantitative estimate of drug-likeness (QED) is 0.716. The van der Waals surface area contributed by atoms with E-state index < -0.39 is 0 Å². The highest BCUT2D eigenvalue weighted by Gasteiger charge is 2.11. The van der Waals surface area contributed by atoms with Gasteiger partial charge >= 0.3 is 0 Å². The predicted molar refractivity (Wildman–Crippen MR) is 111 cm³/mol. The van der Waals surface area contributed by atoms with E-state index in [-0.39, 0.29) is 0 Å². The van der Waals surface area contributed by atoms with Gasteiger partial charge in [0.25, 0.3) is 0 Å². The number of methoxy groups -OCH3 is 1. The van der Waals surface area contributed by atoms with Crippen LogP contribution >= 0.6 is 0 Å². The smallest absolute Gasteiger partial charge is 0.227 e. The first-order valence-electron chi connectivity index (χ1n) is 9.38. The first kappa shape index (κ1) is 18.7. The van der Waals surface area contributed by atoms with Gasteiger partial charge in [-0.3, -0.25) is 0 Å². The van der Waals surface area contributed by atoms with Gasteiger partial charge in [-0.25, -0.2) is 9.97 Å². The van der Waals surface area contributed by atoms with E-state index in [0.29, 0.717) is 17.3 Å². The van der Waals surface area contributed by atoms with Gasteiger partial charge < -0.3 is 19.7 Å². The molecular weight excluding hydrogens is 366 g/mol. The molecule has 0 radical (unpaired) electrons. The van der Waals surface area contributed by atoms with Crippen molar-refractivity contribution in [1.82, 2.24) is 9.97 Å². The number of hydrogen-bond acceptors (Lipinski definition) is 7. The number of ether oxygens (including phenoxy) is 2. The van der Waals surface area contributed by atoms with Gasteiger partial charge in [-0.2, -0.15) is 5.26 Å². The normalized spacial score (nSPS) is 13.6. The highest BCUT2D eigenvalue weighted by Crippen LogP contribution is 2.27. The molecule has 0 bridgehead atoms. The van der Waals surface area contributed by atoms with E-state index in [1.807, 2.05) is 30.3 Å². The zero-order valence-corrected chi connectivity index (χ0v) is 16.1. The van der Waals surface area contributed by atoms with Gasteiger partial charge in [0.15, 0.2) is 0 Å². The van der Waals surface area contributed by atoms with Gasteiger partial charge in [-0.15, -0.1) is 0 Å². The van der Waals surface area contributed by atoms with Crippen molar-refractivity contribution in [2.45, 2.75) is 0 Å². The van der Waals surface area contributed by atoms with Crippen LogP contribution in [-0.2, 0) is 4.74 Å². The molecule has 0 saturated carbocycles. The van der Waals surface area contributed by atoms with Gasteiger partial charge in [0, 0.05) is 36.2 Å². The monoisotopic (exact) mass is 387 g/mol. The van der Waals surface area contributed by atoms with Gasteiger partial charge in [0.2, 0.25) is 5.95 Å². The van der Waals surface area contributed by atoms with Crippen molar-refractivity contribution in [3.05, 3.63) is 60.3 Å². The fourth-order valence-electron chi connectivity index (χ4n) is 3.23. The summed E-state index contributed by atoms with van der Waals surface area (Å²) in [6.45, 7) is 3.35. The molecular formula is C22H21N5O2. The molecule has 1 aliphatic heterocycles. The van der Waals surface area contributed by atoms with Crippen LogP contribution in [-0.4, -0.2) is 43.4 Å². The third-order valence-corrected chi connectivity index (χ3v) is 4.77. The number of anilines is 3. The Labute approximate surface area is 169 Å². The van der Waals surface area contributed by atoms with E-state index in [0.717, 1.165) is 43.2 Å². The zero-order valence-electron chi connectivity index (χ0n) is 16.1. The summed E-state index contributed by atoms with van der Waals surface area (Å²) < 4.78 is 10.7. The maximum Gasteiger partial charge on any atom is 0.227 e. The lowest BCUT2D eigenvalue weighted by Crippen LogP contribution is -2.36. The summed E-state index contributed by atoms with van der Waals surface area (Å²) in [7, 11) is 1.55. The van der Waals surface area contributed by atoms with Crippen LogP contribution in [0.2, 0.25) is 0 Å². The molecule has 7 nitrogen and oxygen atoms in total. The lowest BCUT2D eigenvalue weighted by molar-refractivity contribution is 0.122. The van der Waals surface area contributed by atoms with Gasteiger partial charge in [0.1, 0.15) is 11.8 Å². The van der Waals surface area contributed by atoms with E-state index in [2.05, 4.69) is 38.4 Å². The van der Waals surface area contributed by atoms with Crippen LogP contribution in [0.15, 0.2) is 54.7 Å². The van der Waals surface area contributed by atoms with Crippen molar-refractivity contribution < 1.29 is 9.47 Å². The highest BCUT2D eigenvalue weighted by molar-refractivity contribution is 5.66. The SMILES string of the molecule is COc1cc(-c2ccnc(Nc3ccc(N4CCOCC4)cc3)n2)ccc1C#N. The second kappa shape index (κ2) is 8.59. The summed E-state index contributed by atoms with van der Waals surface area (Å²) in [5.74, 6) is 1.03. The van der Waals surface area contributed by atoms with Crippen molar-refractivity contribution in [2.24, 2.45) is 0 Å². The van der Waals surface area contributed by atoms with E-state index in [9.17, 15) is 0 Å². The molecule has 7 heteroatoms. The van der Waals surface area contributed by atoms with E-state index in [1.165, 1.54) is 5.69 Å². The molecule has 1 saturated heterocycles. The molecule has 2 heterocycles. The molecule has 1 aliphatic rings. The van der Waals surface area contributed by atoms with Crippen LogP contribution in [0.25, 0.3) is 11.3 Å². The first-order chi connectivity index (χ1) is 14.3. The maximum absolute atomic E-state index is 9.15. The Bertz CT molecular complexity index is 1020. The fraction of sp³-hybridized carbons (Fsp3) is 0.227. The molecule has 1 N–H and O–H groups in total. The molecule has 0 aliphatic carbocycles. The van der Waals surface area contributed by atoms with Crippen LogP contribution in [0.5, 0.6) is 5.75 Å². The Morgan fingerprint density at radius 2 is 1.90 bits per heavy atom. The molecule has 0 amide bonds. The van der Waals surface area contributed by atoms with Crippen molar-refractivity contribution >= 4 is 17.3 Å². The van der Waals surface area contributed by atoms with Crippen LogP contribution < -0.4 is 15.0 Å². The van der Waals surface area contributed by atoms with Crippen molar-refractivity contribution in [1.29, 1.82) is 5.26 Å². The average Bonchev–Trinajstić information content (AvgIpc) is 2.80. The molecule has 4 rings (SSSR count). The zero-order chi connectivity index (χ0) is 20.1. The van der Waals surface area contributed by atoms with Gasteiger partial charge in [-0.05, 0) is 42.5 Å². The Hall–Kier alpha value is -3.63. The molecule has 0 spiro atoms. The standard InChI is InChI=1S/C22H21N5O2/c1-28-21-14-16(2-3-17(21)15-23)20-8-9-24-22(26-20)25-18-4-6-19(7-5-18)27-10-12-29-13-11-27/h2-9,14H,10-13H2,1H3,(H,24,25,26). The third kappa shape index (κ3) is 4.28. The molecule has 3 aromatic rings. The van der Waals surface area contributed by atoms with E-state index in [4.69, 9.17) is 14.7 Å². The highest BCUT2D eigenvalue weighted by atomic mass is 16.5. The minimum atomic E-state index is 0.490. The summed E-state index contributed by atoms with van der Waals surface area (Å²) in [5, 5.41) is 12.4. The second-order valence-electron chi connectivity index (χ2n) is 6.56. The number of hydrogen-bond donors (Lipinski definition) is 1. The molecule has 29 heavy (non-hydrogen) atoms. The van der Waals surface area contributed by atoms with Crippen LogP contribution in [0, 0.1) is 11.3 Å². The van der Waals surface area contributed by atoms with Crippen molar-refractivity contribution in [2.75, 3.05) is 43.6 Å². The largest absolute Gasteiger partial charge is 0.495 e. The number of nitrogens with one attached hydrogen (secondary N) is 1. The van der Waals surface area contributed by atoms with Crippen LogP contribution in [0.1, 0.15) is 5.56 Å². The number of nitriles is 1. The molecule has 0 unspecified atom stereocenters. The Morgan fingerprint density at radius 1 is 1.10 bits per heavy atom. The molecule has 1 fully saturated rings. The van der Waals surface area contributed by atoms with Crippen LogP contribution in [0.3, 0.4) is 0 Å². The maximum atomic E-state index is 9.15. The second-order valence-corrected chi connectivity index (χ2v) is 6.56. The Kier molecular flexibility index (Phi) is 5.54. The molecule has 0 atom stereocenters. The summed E-state index contributed by atoms with van der Waals surface area (Å²) >= 11 is 0. The predicted octanol–water partition coefficient (Wildman–Crippen LogP) is 3.60. The average molecular weight is 387 g/mol. The molecule has 1 aromatic heterocycles. The van der Waals surface area contributed by atoms with Crippen molar-refractivity contribution in [3.8, 4) is 23.1 Å². The summed E-state index contributed by atoms with van der Waals surface area (Å²) in [6.07, 6.45) is 1.71. The first-order valence-corrected chi connectivity index (χ1v) is 9.38. The number of morpholine rings is 1. The van der Waals surface area contributed by atoms with E-state index in [1.54, 1.807) is 19.4 Å². The molecule has 146 valence electrons. The van der Waals surface area contributed by atoms with E-state index >= 15 is 0 Å². The molecule has 2 aromatic carbocycles. The lowest BCUT2D eigenvalue weighted by atomic mass is 10.1. The third-order valence-electron chi connectivity index (χ3n) is 4.77. The summed E-state index contributed by atoms with van der Waals surface area (Å²) in [5.41, 5.74) is 4.18. The minimum absolute atomic E-state index is 0.490. The van der Waals surface area contributed by atoms with Gasteiger partial charge in [-0.1, -0.05) is 6.07 Å². The van der Waals surface area contributed by atoms with Gasteiger partial charge in [0.05, 0.1) is 31.6 Å². The summed E-state index contributed by atoms with van der Waals surface area (Å²) in [6, 6.07) is 17.5. The summed E-state index contributed by atoms with van der Waals surface area (Å²) in [4.78, 5) is 11.2. The number of rotatable bonds is 5. The Morgan fingerprint density at radius 3 is 2.62 bits per heavy atom. The number of nitrogens with zero attached hydrogens (tertiary/aromatic N) is 4. The number of aromatic nitrogens is 2. The number of benzene rings is 2. The van der Waals surface area contributed by atoms with Crippen molar-refractivity contribution in [3.63, 3.8) is 0 Å². The fourth-order valence-corrected chi connectivity index (χ4v) is 3.23. The Balaban J connectivity index is 1.51. The minimum Gasteiger partial charge on any atom is -0.495 e. The van der Waals surface area contributed by atoms with Crippen LogP contribution in [0.4, 0.5) is 17.3 Å². The topological polar surface area (TPSA) is 83.3 Å².